The monoisotopic (exact) mass is 465 g/mol. The molecule has 1 amide bonds. The number of carbonyl (C=O) groups excluding carboxylic acids is 2. The topological polar surface area (TPSA) is 83.4 Å². The molecule has 0 spiro atoms. The number of amides is 1. The van der Waals surface area contributed by atoms with Crippen molar-refractivity contribution in [2.24, 2.45) is 0 Å². The van der Waals surface area contributed by atoms with Gasteiger partial charge in [0.05, 0.1) is 10.5 Å². The summed E-state index contributed by atoms with van der Waals surface area (Å²) in [6.45, 7) is 0. The lowest BCUT2D eigenvalue weighted by Gasteiger charge is -2.24. The van der Waals surface area contributed by atoms with Crippen molar-refractivity contribution in [3.05, 3.63) is 73.3 Å². The Hall–Kier alpha value is -2.43. The van der Waals surface area contributed by atoms with Crippen LogP contribution in [0.5, 0.6) is 0 Å². The smallest absolute Gasteiger partial charge is 0.296 e. The number of hydrogen-bond acceptors (Lipinski definition) is 7. The summed E-state index contributed by atoms with van der Waals surface area (Å²) >= 11 is 5.50. The summed E-state index contributed by atoms with van der Waals surface area (Å²) in [6.07, 6.45) is 0. The van der Waals surface area contributed by atoms with Crippen LogP contribution >= 0.6 is 38.6 Å². The quantitative estimate of drug-likeness (QED) is 0.581. The number of benzene rings is 1. The number of aromatic nitrogens is 2. The largest absolute Gasteiger partial charge is 0.503 e. The van der Waals surface area contributed by atoms with Crippen molar-refractivity contribution in [1.29, 1.82) is 0 Å². The molecule has 2 aromatic heterocycles. The van der Waals surface area contributed by atoms with E-state index < -0.39 is 29.3 Å². The number of halogens is 2. The number of nitrogens with zero attached hydrogens (tertiary/aromatic N) is 3. The van der Waals surface area contributed by atoms with Crippen molar-refractivity contribution < 1.29 is 19.1 Å². The first-order valence-corrected chi connectivity index (χ1v) is 10.1. The van der Waals surface area contributed by atoms with Crippen LogP contribution in [-0.2, 0) is 4.79 Å². The summed E-state index contributed by atoms with van der Waals surface area (Å²) in [6, 6.07) is 6.32. The highest BCUT2D eigenvalue weighted by molar-refractivity contribution is 9.10. The first-order chi connectivity index (χ1) is 13.0. The molecule has 1 aliphatic rings. The third-order valence-electron chi connectivity index (χ3n) is 4.00. The number of Topliss-reactive ketones (excluding diaryl/α,β-unsaturated/α-hetero) is 1. The molecule has 0 radical (unpaired) electrons. The molecule has 3 heterocycles. The number of anilines is 1. The van der Waals surface area contributed by atoms with E-state index in [0.29, 0.717) is 9.35 Å². The number of ketones is 1. The van der Waals surface area contributed by atoms with E-state index in [-0.39, 0.29) is 16.3 Å². The molecular formula is C17H9BrFN3O3S2. The van der Waals surface area contributed by atoms with E-state index in [9.17, 15) is 19.1 Å². The van der Waals surface area contributed by atoms with Gasteiger partial charge in [-0.1, -0.05) is 33.3 Å². The molecule has 0 saturated carbocycles. The Morgan fingerprint density at radius 3 is 2.78 bits per heavy atom. The number of aliphatic hydroxyl groups excluding tert-OH is 1. The van der Waals surface area contributed by atoms with Gasteiger partial charge in [0.25, 0.3) is 5.91 Å². The summed E-state index contributed by atoms with van der Waals surface area (Å²) in [5.41, 5.74) is 1.29. The minimum absolute atomic E-state index is 0.0666. The Bertz CT molecular complexity index is 1070. The third-order valence-corrected chi connectivity index (χ3v) is 6.06. The Morgan fingerprint density at radius 1 is 1.30 bits per heavy atom. The van der Waals surface area contributed by atoms with E-state index in [1.54, 1.807) is 17.5 Å². The van der Waals surface area contributed by atoms with Crippen molar-refractivity contribution in [2.75, 3.05) is 4.90 Å². The lowest BCUT2D eigenvalue weighted by atomic mass is 9.95. The molecule has 1 atom stereocenters. The molecule has 1 N–H and O–H groups in total. The maximum absolute atomic E-state index is 14.7. The van der Waals surface area contributed by atoms with Crippen LogP contribution in [0.2, 0.25) is 0 Å². The molecule has 4 rings (SSSR count). The van der Waals surface area contributed by atoms with E-state index in [0.717, 1.165) is 16.2 Å². The molecule has 0 bridgehead atoms. The van der Waals surface area contributed by atoms with E-state index in [1.165, 1.54) is 35.0 Å². The van der Waals surface area contributed by atoms with Gasteiger partial charge in [0.15, 0.2) is 5.76 Å². The minimum Gasteiger partial charge on any atom is -0.503 e. The second-order valence-electron chi connectivity index (χ2n) is 5.53. The van der Waals surface area contributed by atoms with Crippen LogP contribution in [0.3, 0.4) is 0 Å². The molecular weight excluding hydrogens is 457 g/mol. The maximum Gasteiger partial charge on any atom is 0.296 e. The van der Waals surface area contributed by atoms with Gasteiger partial charge in [0, 0.05) is 10.0 Å². The standard InChI is InChI=1S/C17H9BrFN3O3S2/c18-8-3-4-10(19)9(6-8)13-12(14(23)11-2-1-5-26-11)15(24)16(25)22(13)17-21-20-7-27-17/h1-7,13,24H. The second kappa shape index (κ2) is 6.95. The Labute approximate surface area is 168 Å². The van der Waals surface area contributed by atoms with Gasteiger partial charge in [-0.15, -0.1) is 21.5 Å². The normalized spacial score (nSPS) is 17.0. The van der Waals surface area contributed by atoms with Crippen LogP contribution in [0, 0.1) is 5.82 Å². The van der Waals surface area contributed by atoms with Gasteiger partial charge in [-0.05, 0) is 29.6 Å². The SMILES string of the molecule is O=C(C1=C(O)C(=O)N(c2nncs2)C1c1cc(Br)ccc1F)c1cccs1. The first kappa shape index (κ1) is 18.0. The molecule has 3 aromatic rings. The second-order valence-corrected chi connectivity index (χ2v) is 8.21. The molecule has 1 aliphatic heterocycles. The highest BCUT2D eigenvalue weighted by Gasteiger charge is 2.47. The first-order valence-electron chi connectivity index (χ1n) is 7.55. The highest BCUT2D eigenvalue weighted by Crippen LogP contribution is 2.43. The van der Waals surface area contributed by atoms with Crippen molar-refractivity contribution in [1.82, 2.24) is 10.2 Å². The van der Waals surface area contributed by atoms with Gasteiger partial charge >= 0.3 is 0 Å². The van der Waals surface area contributed by atoms with Crippen molar-refractivity contribution in [3.8, 4) is 0 Å². The summed E-state index contributed by atoms with van der Waals surface area (Å²) < 4.78 is 15.2. The van der Waals surface area contributed by atoms with Crippen LogP contribution in [-0.4, -0.2) is 27.0 Å². The summed E-state index contributed by atoms with van der Waals surface area (Å²) in [7, 11) is 0. The average molecular weight is 466 g/mol. The number of aliphatic hydroxyl groups is 1. The Balaban J connectivity index is 1.93. The number of carbonyl (C=O) groups is 2. The molecule has 1 unspecified atom stereocenters. The van der Waals surface area contributed by atoms with Gasteiger partial charge in [0.2, 0.25) is 10.9 Å². The van der Waals surface area contributed by atoms with Gasteiger partial charge in [-0.3, -0.25) is 14.5 Å². The van der Waals surface area contributed by atoms with Crippen molar-refractivity contribution in [3.63, 3.8) is 0 Å². The van der Waals surface area contributed by atoms with E-state index in [4.69, 9.17) is 0 Å². The van der Waals surface area contributed by atoms with Crippen LogP contribution < -0.4 is 4.90 Å². The van der Waals surface area contributed by atoms with Crippen molar-refractivity contribution >= 4 is 55.4 Å². The molecule has 10 heteroatoms. The van der Waals surface area contributed by atoms with E-state index >= 15 is 0 Å². The number of hydrogen-bond donors (Lipinski definition) is 1. The van der Waals surface area contributed by atoms with Crippen LogP contribution in [0.25, 0.3) is 0 Å². The fourth-order valence-corrected chi connectivity index (χ4v) is 4.51. The lowest BCUT2D eigenvalue weighted by Crippen LogP contribution is -2.31. The molecule has 0 fully saturated rings. The Kier molecular flexibility index (Phi) is 4.62. The molecule has 6 nitrogen and oxygen atoms in total. The summed E-state index contributed by atoms with van der Waals surface area (Å²) in [5.74, 6) is -2.69. The predicted octanol–water partition coefficient (Wildman–Crippen LogP) is 4.28. The van der Waals surface area contributed by atoms with Gasteiger partial charge < -0.3 is 5.11 Å². The van der Waals surface area contributed by atoms with Gasteiger partial charge in [0.1, 0.15) is 17.4 Å². The Morgan fingerprint density at radius 2 is 2.11 bits per heavy atom. The van der Waals surface area contributed by atoms with Crippen LogP contribution in [0.4, 0.5) is 9.52 Å². The predicted molar refractivity (Wildman–Crippen MR) is 103 cm³/mol. The fraction of sp³-hybridized carbons (Fsp3) is 0.0588. The van der Waals surface area contributed by atoms with E-state index in [2.05, 4.69) is 26.1 Å². The fourth-order valence-electron chi connectivity index (χ4n) is 2.87. The third kappa shape index (κ3) is 2.99. The van der Waals surface area contributed by atoms with Crippen LogP contribution in [0.15, 0.2) is 57.0 Å². The molecule has 136 valence electrons. The lowest BCUT2D eigenvalue weighted by molar-refractivity contribution is -0.117. The minimum atomic E-state index is -1.16. The van der Waals surface area contributed by atoms with Crippen molar-refractivity contribution in [2.45, 2.75) is 6.04 Å². The maximum atomic E-state index is 14.7. The average Bonchev–Trinajstić information content (AvgIpc) is 3.39. The number of thiophene rings is 1. The molecule has 0 saturated heterocycles. The zero-order chi connectivity index (χ0) is 19.1. The van der Waals surface area contributed by atoms with E-state index in [1.807, 2.05) is 0 Å². The molecule has 0 aliphatic carbocycles. The summed E-state index contributed by atoms with van der Waals surface area (Å²) in [4.78, 5) is 27.2. The summed E-state index contributed by atoms with van der Waals surface area (Å²) in [5, 5.41) is 19.9. The van der Waals surface area contributed by atoms with Gasteiger partial charge in [-0.25, -0.2) is 4.39 Å². The molecule has 27 heavy (non-hydrogen) atoms. The zero-order valence-corrected chi connectivity index (χ0v) is 16.5. The number of rotatable bonds is 4. The van der Waals surface area contributed by atoms with Gasteiger partial charge in [-0.2, -0.15) is 0 Å². The van der Waals surface area contributed by atoms with Crippen LogP contribution in [0.1, 0.15) is 21.3 Å². The molecule has 1 aromatic carbocycles. The zero-order valence-electron chi connectivity index (χ0n) is 13.3. The highest BCUT2D eigenvalue weighted by atomic mass is 79.9.